The molecule has 1 aromatic carbocycles. The highest BCUT2D eigenvalue weighted by atomic mass is 16.2. The Morgan fingerprint density at radius 2 is 1.84 bits per heavy atom. The first-order valence-electron chi connectivity index (χ1n) is 11.0. The van der Waals surface area contributed by atoms with Gasteiger partial charge in [0.1, 0.15) is 11.7 Å². The van der Waals surface area contributed by atoms with Gasteiger partial charge in [-0.1, -0.05) is 36.6 Å². The number of H-pyrrole nitrogens is 1. The number of amides is 2. The number of benzene rings is 1. The van der Waals surface area contributed by atoms with E-state index in [4.69, 9.17) is 0 Å². The number of carbonyl (C=O) groups excluding carboxylic acids is 2. The number of rotatable bonds is 6. The first-order valence-corrected chi connectivity index (χ1v) is 11.0. The molecule has 3 aromatic rings. The van der Waals surface area contributed by atoms with Gasteiger partial charge in [-0.15, -0.1) is 5.10 Å². The lowest BCUT2D eigenvalue weighted by atomic mass is 9.83. The number of aromatic nitrogens is 5. The van der Waals surface area contributed by atoms with Crippen molar-refractivity contribution in [1.82, 2.24) is 30.5 Å². The van der Waals surface area contributed by atoms with Gasteiger partial charge in [0.2, 0.25) is 5.91 Å². The van der Waals surface area contributed by atoms with Crippen molar-refractivity contribution in [2.24, 2.45) is 13.0 Å². The Balaban J connectivity index is 1.50. The highest BCUT2D eigenvalue weighted by molar-refractivity contribution is 6.00. The highest BCUT2D eigenvalue weighted by Crippen LogP contribution is 2.29. The fourth-order valence-electron chi connectivity index (χ4n) is 4.49. The van der Waals surface area contributed by atoms with Crippen LogP contribution in [0.5, 0.6) is 0 Å². The molecule has 168 valence electrons. The molecule has 2 amide bonds. The summed E-state index contributed by atoms with van der Waals surface area (Å²) in [6.45, 7) is 3.95. The molecule has 9 heteroatoms. The van der Waals surface area contributed by atoms with Crippen molar-refractivity contribution >= 4 is 17.5 Å². The van der Waals surface area contributed by atoms with E-state index < -0.39 is 6.04 Å². The van der Waals surface area contributed by atoms with Gasteiger partial charge in [-0.25, -0.2) is 4.68 Å². The second-order valence-electron chi connectivity index (χ2n) is 8.47. The van der Waals surface area contributed by atoms with Crippen molar-refractivity contribution < 1.29 is 9.59 Å². The third-order valence-corrected chi connectivity index (χ3v) is 6.21. The Hall–Kier alpha value is -3.49. The molecule has 1 atom stereocenters. The molecule has 0 aliphatic heterocycles. The zero-order chi connectivity index (χ0) is 22.7. The van der Waals surface area contributed by atoms with Gasteiger partial charge in [-0.05, 0) is 50.3 Å². The average Bonchev–Trinajstić information content (AvgIpc) is 3.37. The van der Waals surface area contributed by atoms with Crippen LogP contribution in [0.25, 0.3) is 11.1 Å². The maximum absolute atomic E-state index is 13.2. The lowest BCUT2D eigenvalue weighted by Crippen LogP contribution is -2.49. The highest BCUT2D eigenvalue weighted by Gasteiger charge is 2.32. The molecule has 0 spiro atoms. The summed E-state index contributed by atoms with van der Waals surface area (Å²) < 4.78 is 1.41. The van der Waals surface area contributed by atoms with Gasteiger partial charge in [0.15, 0.2) is 0 Å². The number of nitrogens with one attached hydrogen (secondary N) is 3. The predicted octanol–water partition coefficient (Wildman–Crippen LogP) is 3.14. The third-order valence-electron chi connectivity index (χ3n) is 6.21. The van der Waals surface area contributed by atoms with E-state index in [1.54, 1.807) is 7.05 Å². The van der Waals surface area contributed by atoms with Crippen molar-refractivity contribution in [2.75, 3.05) is 5.32 Å². The number of aryl methyl sites for hydroxylation is 3. The number of hydrogen-bond acceptors (Lipinski definition) is 5. The van der Waals surface area contributed by atoms with Gasteiger partial charge in [-0.3, -0.25) is 14.7 Å². The summed E-state index contributed by atoms with van der Waals surface area (Å²) in [5, 5.41) is 20.7. The van der Waals surface area contributed by atoms with Crippen LogP contribution in [-0.4, -0.2) is 43.0 Å². The standard InChI is InChI=1S/C23H29N7O2/c1-14-20(15(2)28-27-14)16-9-11-18(12-10-16)25-23(32)21(17-7-5-4-6-8-17)26-22(31)19-13-24-29-30(19)3/h9-13,17,21H,4-8H2,1-3H3,(H,25,32)(H,26,31)(H,27,28)/t21-/m0/s1. The van der Waals surface area contributed by atoms with Crippen LogP contribution in [0.4, 0.5) is 5.69 Å². The fraction of sp³-hybridized carbons (Fsp3) is 0.435. The summed E-state index contributed by atoms with van der Waals surface area (Å²) in [4.78, 5) is 26.0. The molecule has 1 aliphatic rings. The molecule has 2 heterocycles. The van der Waals surface area contributed by atoms with Gasteiger partial charge in [0.25, 0.3) is 5.91 Å². The molecule has 2 aromatic heterocycles. The smallest absolute Gasteiger partial charge is 0.271 e. The molecule has 0 radical (unpaired) electrons. The van der Waals surface area contributed by atoms with Crippen LogP contribution in [0.3, 0.4) is 0 Å². The molecule has 3 N–H and O–H groups in total. The molecular weight excluding hydrogens is 406 g/mol. The number of carbonyl (C=O) groups is 2. The summed E-state index contributed by atoms with van der Waals surface area (Å²) in [7, 11) is 1.66. The van der Waals surface area contributed by atoms with Gasteiger partial charge in [0, 0.05) is 24.0 Å². The van der Waals surface area contributed by atoms with Gasteiger partial charge in [0.05, 0.1) is 11.9 Å². The molecular formula is C23H29N7O2. The van der Waals surface area contributed by atoms with E-state index in [0.29, 0.717) is 11.4 Å². The van der Waals surface area contributed by atoms with Crippen LogP contribution in [0.15, 0.2) is 30.5 Å². The molecule has 32 heavy (non-hydrogen) atoms. The lowest BCUT2D eigenvalue weighted by Gasteiger charge is -2.30. The third kappa shape index (κ3) is 4.56. The largest absolute Gasteiger partial charge is 0.339 e. The number of nitrogens with zero attached hydrogens (tertiary/aromatic N) is 4. The minimum absolute atomic E-state index is 0.101. The molecule has 1 aliphatic carbocycles. The first-order chi connectivity index (χ1) is 15.4. The van der Waals surface area contributed by atoms with E-state index >= 15 is 0 Å². The van der Waals surface area contributed by atoms with Crippen molar-refractivity contribution in [3.05, 3.63) is 47.5 Å². The quantitative estimate of drug-likeness (QED) is 0.550. The molecule has 1 fully saturated rings. The Morgan fingerprint density at radius 1 is 1.12 bits per heavy atom. The summed E-state index contributed by atoms with van der Waals surface area (Å²) in [5.74, 6) is -0.447. The minimum atomic E-state index is -0.615. The van der Waals surface area contributed by atoms with Crippen LogP contribution < -0.4 is 10.6 Å². The second kappa shape index (κ2) is 9.33. The Bertz CT molecular complexity index is 1070. The SMILES string of the molecule is Cc1n[nH]c(C)c1-c1ccc(NC(=O)[C@@H](NC(=O)c2cnnn2C)C2CCCCC2)cc1. The van der Waals surface area contributed by atoms with E-state index in [2.05, 4.69) is 31.1 Å². The van der Waals surface area contributed by atoms with Crippen molar-refractivity contribution in [3.63, 3.8) is 0 Å². The van der Waals surface area contributed by atoms with Crippen LogP contribution in [0.2, 0.25) is 0 Å². The summed E-state index contributed by atoms with van der Waals surface area (Å²) in [5.41, 5.74) is 5.06. The molecule has 0 bridgehead atoms. The fourth-order valence-corrected chi connectivity index (χ4v) is 4.49. The van der Waals surface area contributed by atoms with E-state index in [1.807, 2.05) is 38.1 Å². The molecule has 4 rings (SSSR count). The van der Waals surface area contributed by atoms with E-state index in [0.717, 1.165) is 48.2 Å². The molecule has 0 saturated heterocycles. The molecule has 9 nitrogen and oxygen atoms in total. The minimum Gasteiger partial charge on any atom is -0.339 e. The van der Waals surface area contributed by atoms with Crippen molar-refractivity contribution in [1.29, 1.82) is 0 Å². The summed E-state index contributed by atoms with van der Waals surface area (Å²) in [6, 6.07) is 7.08. The zero-order valence-electron chi connectivity index (χ0n) is 18.7. The van der Waals surface area contributed by atoms with E-state index in [1.165, 1.54) is 17.3 Å². The number of aromatic amines is 1. The maximum Gasteiger partial charge on any atom is 0.271 e. The van der Waals surface area contributed by atoms with Crippen LogP contribution >= 0.6 is 0 Å². The molecule has 1 saturated carbocycles. The van der Waals surface area contributed by atoms with E-state index in [-0.39, 0.29) is 17.7 Å². The maximum atomic E-state index is 13.2. The van der Waals surface area contributed by atoms with Gasteiger partial charge in [-0.2, -0.15) is 5.10 Å². The van der Waals surface area contributed by atoms with Crippen molar-refractivity contribution in [3.8, 4) is 11.1 Å². The number of anilines is 1. The molecule has 0 unspecified atom stereocenters. The van der Waals surface area contributed by atoms with Gasteiger partial charge < -0.3 is 10.6 Å². The Kier molecular flexibility index (Phi) is 6.34. The van der Waals surface area contributed by atoms with Crippen LogP contribution in [-0.2, 0) is 11.8 Å². The normalized spacial score (nSPS) is 15.3. The van der Waals surface area contributed by atoms with Crippen molar-refractivity contribution in [2.45, 2.75) is 52.0 Å². The Morgan fingerprint density at radius 3 is 2.44 bits per heavy atom. The van der Waals surface area contributed by atoms with E-state index in [9.17, 15) is 9.59 Å². The van der Waals surface area contributed by atoms with Gasteiger partial charge >= 0.3 is 0 Å². The first kappa shape index (κ1) is 21.7. The Labute approximate surface area is 187 Å². The average molecular weight is 436 g/mol. The lowest BCUT2D eigenvalue weighted by molar-refractivity contribution is -0.119. The second-order valence-corrected chi connectivity index (χ2v) is 8.47. The summed E-state index contributed by atoms with van der Waals surface area (Å²) in [6.07, 6.45) is 6.54. The monoisotopic (exact) mass is 435 g/mol. The van der Waals surface area contributed by atoms with Crippen LogP contribution in [0.1, 0.15) is 54.0 Å². The zero-order valence-corrected chi connectivity index (χ0v) is 18.7. The predicted molar refractivity (Wildman–Crippen MR) is 121 cm³/mol. The summed E-state index contributed by atoms with van der Waals surface area (Å²) >= 11 is 0. The topological polar surface area (TPSA) is 118 Å². The number of hydrogen-bond donors (Lipinski definition) is 3. The van der Waals surface area contributed by atoms with Crippen LogP contribution in [0, 0.1) is 19.8 Å².